The third-order valence-electron chi connectivity index (χ3n) is 3.61. The summed E-state index contributed by atoms with van der Waals surface area (Å²) in [7, 11) is 1.61. The molecular formula is C18H22N2O4. The first-order valence-electron chi connectivity index (χ1n) is 7.71. The van der Waals surface area contributed by atoms with E-state index in [4.69, 9.17) is 9.47 Å². The summed E-state index contributed by atoms with van der Waals surface area (Å²) in [5.74, 6) is 1.36. The highest BCUT2D eigenvalue weighted by Crippen LogP contribution is 2.16. The SMILES string of the molecule is COc1ccc(OCCNC(=O)Cn2c(C)cc(=O)cc2C)cc1. The van der Waals surface area contributed by atoms with Crippen molar-refractivity contribution in [2.45, 2.75) is 20.4 Å². The van der Waals surface area contributed by atoms with Gasteiger partial charge in [0.25, 0.3) is 0 Å². The zero-order chi connectivity index (χ0) is 17.5. The zero-order valence-electron chi connectivity index (χ0n) is 14.2. The second-order valence-corrected chi connectivity index (χ2v) is 5.43. The van der Waals surface area contributed by atoms with Gasteiger partial charge in [-0.15, -0.1) is 0 Å². The molecular weight excluding hydrogens is 308 g/mol. The number of aryl methyl sites for hydroxylation is 2. The number of ether oxygens (including phenoxy) is 2. The Balaban J connectivity index is 1.78. The van der Waals surface area contributed by atoms with E-state index >= 15 is 0 Å². The van der Waals surface area contributed by atoms with Crippen molar-refractivity contribution in [3.05, 3.63) is 58.0 Å². The first-order chi connectivity index (χ1) is 11.5. The highest BCUT2D eigenvalue weighted by Gasteiger charge is 2.07. The Labute approximate surface area is 141 Å². The zero-order valence-corrected chi connectivity index (χ0v) is 14.2. The Bertz CT molecular complexity index is 724. The number of amides is 1. The summed E-state index contributed by atoms with van der Waals surface area (Å²) in [4.78, 5) is 23.4. The van der Waals surface area contributed by atoms with E-state index in [1.54, 1.807) is 11.7 Å². The van der Waals surface area contributed by atoms with E-state index in [1.165, 1.54) is 12.1 Å². The highest BCUT2D eigenvalue weighted by molar-refractivity contribution is 5.75. The van der Waals surface area contributed by atoms with Crippen molar-refractivity contribution < 1.29 is 14.3 Å². The molecule has 1 N–H and O–H groups in total. The highest BCUT2D eigenvalue weighted by atomic mass is 16.5. The van der Waals surface area contributed by atoms with Crippen LogP contribution < -0.4 is 20.2 Å². The molecule has 0 aliphatic rings. The number of carbonyl (C=O) groups is 1. The van der Waals surface area contributed by atoms with Crippen LogP contribution in [-0.2, 0) is 11.3 Å². The van der Waals surface area contributed by atoms with Crippen LogP contribution in [0.3, 0.4) is 0 Å². The molecule has 24 heavy (non-hydrogen) atoms. The Morgan fingerprint density at radius 3 is 2.25 bits per heavy atom. The van der Waals surface area contributed by atoms with Crippen LogP contribution in [0.15, 0.2) is 41.2 Å². The molecule has 1 aromatic carbocycles. The van der Waals surface area contributed by atoms with Crippen LogP contribution in [0.2, 0.25) is 0 Å². The van der Waals surface area contributed by atoms with Gasteiger partial charge in [0, 0.05) is 23.5 Å². The fraction of sp³-hybridized carbons (Fsp3) is 0.333. The van der Waals surface area contributed by atoms with Crippen LogP contribution in [-0.4, -0.2) is 30.7 Å². The van der Waals surface area contributed by atoms with Gasteiger partial charge in [-0.1, -0.05) is 0 Å². The Hall–Kier alpha value is -2.76. The summed E-state index contributed by atoms with van der Waals surface area (Å²) in [6, 6.07) is 10.3. The van der Waals surface area contributed by atoms with E-state index in [0.717, 1.165) is 22.9 Å². The van der Waals surface area contributed by atoms with Crippen molar-refractivity contribution in [3.63, 3.8) is 0 Å². The minimum absolute atomic E-state index is 0.0467. The smallest absolute Gasteiger partial charge is 0.240 e. The van der Waals surface area contributed by atoms with Crippen molar-refractivity contribution >= 4 is 5.91 Å². The molecule has 0 saturated carbocycles. The maximum atomic E-state index is 12.0. The Morgan fingerprint density at radius 1 is 1.08 bits per heavy atom. The summed E-state index contributed by atoms with van der Waals surface area (Å²) < 4.78 is 12.4. The summed E-state index contributed by atoms with van der Waals surface area (Å²) in [5.41, 5.74) is 1.49. The van der Waals surface area contributed by atoms with E-state index < -0.39 is 0 Å². The van der Waals surface area contributed by atoms with Crippen molar-refractivity contribution in [2.24, 2.45) is 0 Å². The lowest BCUT2D eigenvalue weighted by Crippen LogP contribution is -2.32. The lowest BCUT2D eigenvalue weighted by atomic mass is 10.3. The number of hydrogen-bond acceptors (Lipinski definition) is 4. The summed E-state index contributed by atoms with van der Waals surface area (Å²) in [6.07, 6.45) is 0. The number of hydrogen-bond donors (Lipinski definition) is 1. The van der Waals surface area contributed by atoms with Crippen molar-refractivity contribution in [1.29, 1.82) is 0 Å². The monoisotopic (exact) mass is 330 g/mol. The molecule has 1 heterocycles. The van der Waals surface area contributed by atoms with Gasteiger partial charge in [-0.05, 0) is 38.1 Å². The minimum atomic E-state index is -0.122. The van der Waals surface area contributed by atoms with Gasteiger partial charge in [0.05, 0.1) is 13.7 Å². The topological polar surface area (TPSA) is 69.6 Å². The molecule has 0 unspecified atom stereocenters. The summed E-state index contributed by atoms with van der Waals surface area (Å²) >= 11 is 0. The minimum Gasteiger partial charge on any atom is -0.497 e. The molecule has 2 rings (SSSR count). The standard InChI is InChI=1S/C18H22N2O4/c1-13-10-15(21)11-14(2)20(13)12-18(22)19-8-9-24-17-6-4-16(23-3)5-7-17/h4-7,10-11H,8-9,12H2,1-3H3,(H,19,22). The predicted molar refractivity (Wildman–Crippen MR) is 91.7 cm³/mol. The number of nitrogens with one attached hydrogen (secondary N) is 1. The molecule has 1 aromatic heterocycles. The number of aromatic nitrogens is 1. The lowest BCUT2D eigenvalue weighted by Gasteiger charge is -2.14. The quantitative estimate of drug-likeness (QED) is 0.784. The summed E-state index contributed by atoms with van der Waals surface area (Å²) in [6.45, 7) is 4.59. The van der Waals surface area contributed by atoms with Crippen molar-refractivity contribution in [1.82, 2.24) is 9.88 Å². The van der Waals surface area contributed by atoms with Crippen LogP contribution >= 0.6 is 0 Å². The van der Waals surface area contributed by atoms with Crippen molar-refractivity contribution in [2.75, 3.05) is 20.3 Å². The molecule has 0 fully saturated rings. The van der Waals surface area contributed by atoms with E-state index in [9.17, 15) is 9.59 Å². The van der Waals surface area contributed by atoms with Crippen molar-refractivity contribution in [3.8, 4) is 11.5 Å². The van der Waals surface area contributed by atoms with Gasteiger partial charge < -0.3 is 19.4 Å². The maximum absolute atomic E-state index is 12.0. The number of carbonyl (C=O) groups excluding carboxylic acids is 1. The fourth-order valence-corrected chi connectivity index (χ4v) is 2.37. The van der Waals surface area contributed by atoms with Gasteiger partial charge in [0.15, 0.2) is 5.43 Å². The second kappa shape index (κ2) is 8.19. The molecule has 0 radical (unpaired) electrons. The molecule has 6 nitrogen and oxygen atoms in total. The average Bonchev–Trinajstić information content (AvgIpc) is 2.55. The predicted octanol–water partition coefficient (Wildman–Crippen LogP) is 1.67. The van der Waals surface area contributed by atoms with Gasteiger partial charge in [-0.2, -0.15) is 0 Å². The van der Waals surface area contributed by atoms with Crippen LogP contribution in [0.5, 0.6) is 11.5 Å². The molecule has 1 amide bonds. The molecule has 0 aliphatic carbocycles. The van der Waals surface area contributed by atoms with Gasteiger partial charge in [-0.3, -0.25) is 9.59 Å². The normalized spacial score (nSPS) is 10.3. The molecule has 0 bridgehead atoms. The fourth-order valence-electron chi connectivity index (χ4n) is 2.37. The first kappa shape index (κ1) is 17.6. The first-order valence-corrected chi connectivity index (χ1v) is 7.71. The van der Waals surface area contributed by atoms with Gasteiger partial charge >= 0.3 is 0 Å². The number of pyridine rings is 1. The van der Waals surface area contributed by atoms with Crippen LogP contribution in [0.1, 0.15) is 11.4 Å². The lowest BCUT2D eigenvalue weighted by molar-refractivity contribution is -0.121. The van der Waals surface area contributed by atoms with Gasteiger partial charge in [0.1, 0.15) is 24.7 Å². The second-order valence-electron chi connectivity index (χ2n) is 5.43. The Kier molecular flexibility index (Phi) is 6.01. The average molecular weight is 330 g/mol. The van der Waals surface area contributed by atoms with Gasteiger partial charge in [0.2, 0.25) is 5.91 Å². The van der Waals surface area contributed by atoms with Crippen LogP contribution in [0.4, 0.5) is 0 Å². The van der Waals surface area contributed by atoms with E-state index in [1.807, 2.05) is 38.1 Å². The molecule has 128 valence electrons. The van der Waals surface area contributed by atoms with E-state index in [2.05, 4.69) is 5.32 Å². The van der Waals surface area contributed by atoms with Gasteiger partial charge in [-0.25, -0.2) is 0 Å². The number of methoxy groups -OCH3 is 1. The third-order valence-corrected chi connectivity index (χ3v) is 3.61. The molecule has 0 aliphatic heterocycles. The summed E-state index contributed by atoms with van der Waals surface area (Å²) in [5, 5.41) is 2.81. The maximum Gasteiger partial charge on any atom is 0.240 e. The molecule has 0 spiro atoms. The number of benzene rings is 1. The number of rotatable bonds is 7. The number of nitrogens with zero attached hydrogens (tertiary/aromatic N) is 1. The Morgan fingerprint density at radius 2 is 1.67 bits per heavy atom. The van der Waals surface area contributed by atoms with E-state index in [0.29, 0.717) is 13.2 Å². The van der Waals surface area contributed by atoms with Crippen LogP contribution in [0, 0.1) is 13.8 Å². The molecule has 0 saturated heterocycles. The largest absolute Gasteiger partial charge is 0.497 e. The molecule has 6 heteroatoms. The molecule has 2 aromatic rings. The van der Waals surface area contributed by atoms with Crippen LogP contribution in [0.25, 0.3) is 0 Å². The molecule has 0 atom stereocenters. The van der Waals surface area contributed by atoms with E-state index in [-0.39, 0.29) is 17.9 Å². The third kappa shape index (κ3) is 4.87.